The van der Waals surface area contributed by atoms with Crippen molar-refractivity contribution in [2.45, 2.75) is 18.9 Å². The van der Waals surface area contributed by atoms with Crippen molar-refractivity contribution in [2.24, 2.45) is 5.16 Å². The number of halogens is 1. The highest BCUT2D eigenvalue weighted by Crippen LogP contribution is 2.34. The van der Waals surface area contributed by atoms with Gasteiger partial charge < -0.3 is 24.4 Å². The summed E-state index contributed by atoms with van der Waals surface area (Å²) >= 11 is 6.22. The number of ether oxygens (including phenoxy) is 3. The molecule has 1 aromatic rings. The number of nitrogens with one attached hydrogen (secondary N) is 1. The number of benzene rings is 1. The van der Waals surface area contributed by atoms with Crippen molar-refractivity contribution in [2.75, 3.05) is 53.6 Å². The highest BCUT2D eigenvalue weighted by atomic mass is 35.5. The second-order valence-corrected chi connectivity index (χ2v) is 7.03. The first-order valence-corrected chi connectivity index (χ1v) is 9.72. The van der Waals surface area contributed by atoms with E-state index in [0.717, 1.165) is 39.3 Å². The van der Waals surface area contributed by atoms with Crippen LogP contribution in [0.5, 0.6) is 11.5 Å². The van der Waals surface area contributed by atoms with Crippen LogP contribution in [0.25, 0.3) is 0 Å². The largest absolute Gasteiger partial charge is 0.496 e. The molecule has 1 aromatic carbocycles. The van der Waals surface area contributed by atoms with E-state index in [1.165, 1.54) is 7.11 Å². The van der Waals surface area contributed by atoms with E-state index in [-0.39, 0.29) is 5.91 Å². The normalized spacial score (nSPS) is 19.7. The van der Waals surface area contributed by atoms with Gasteiger partial charge in [0, 0.05) is 37.7 Å². The van der Waals surface area contributed by atoms with E-state index in [0.29, 0.717) is 40.8 Å². The number of carbonyl (C=O) groups is 1. The molecule has 2 aliphatic heterocycles. The van der Waals surface area contributed by atoms with Gasteiger partial charge in [0.05, 0.1) is 38.2 Å². The Morgan fingerprint density at radius 1 is 1.29 bits per heavy atom. The highest BCUT2D eigenvalue weighted by molar-refractivity contribution is 6.32. The Morgan fingerprint density at radius 2 is 2.04 bits per heavy atom. The number of oxime groups is 1. The Morgan fingerprint density at radius 3 is 2.75 bits per heavy atom. The summed E-state index contributed by atoms with van der Waals surface area (Å²) in [6.07, 6.45) is 0.589. The number of carbonyl (C=O) groups excluding carboxylic acids is 1. The first-order valence-electron chi connectivity index (χ1n) is 9.34. The number of rotatable bonds is 8. The number of hydrogen-bond donors (Lipinski definition) is 1. The number of morpholine rings is 1. The third-order valence-electron chi connectivity index (χ3n) is 4.80. The number of amides is 1. The van der Waals surface area contributed by atoms with E-state index in [4.69, 9.17) is 30.6 Å². The van der Waals surface area contributed by atoms with Crippen LogP contribution in [0, 0.1) is 0 Å². The van der Waals surface area contributed by atoms with Gasteiger partial charge in [0.2, 0.25) is 6.10 Å². The predicted octanol–water partition coefficient (Wildman–Crippen LogP) is 1.69. The summed E-state index contributed by atoms with van der Waals surface area (Å²) in [4.78, 5) is 20.1. The average Bonchev–Trinajstić information content (AvgIpc) is 3.22. The molecule has 2 heterocycles. The van der Waals surface area contributed by atoms with E-state index < -0.39 is 6.10 Å². The van der Waals surface area contributed by atoms with Crippen LogP contribution < -0.4 is 14.8 Å². The Balaban J connectivity index is 1.49. The van der Waals surface area contributed by atoms with Gasteiger partial charge in [-0.25, -0.2) is 0 Å². The van der Waals surface area contributed by atoms with Crippen molar-refractivity contribution >= 4 is 23.2 Å². The zero-order valence-electron chi connectivity index (χ0n) is 16.2. The lowest BCUT2D eigenvalue weighted by atomic mass is 10.0. The van der Waals surface area contributed by atoms with E-state index >= 15 is 0 Å². The molecule has 0 saturated carbocycles. The van der Waals surface area contributed by atoms with E-state index in [2.05, 4.69) is 15.4 Å². The molecule has 0 spiro atoms. The van der Waals surface area contributed by atoms with E-state index in [9.17, 15) is 4.79 Å². The molecule has 0 radical (unpaired) electrons. The first-order chi connectivity index (χ1) is 13.6. The van der Waals surface area contributed by atoms with Crippen LogP contribution in [0.2, 0.25) is 5.02 Å². The minimum Gasteiger partial charge on any atom is -0.496 e. The maximum atomic E-state index is 12.4. The molecule has 8 nitrogen and oxygen atoms in total. The maximum absolute atomic E-state index is 12.4. The molecule has 1 saturated heterocycles. The molecule has 1 amide bonds. The van der Waals surface area contributed by atoms with Crippen molar-refractivity contribution in [3.63, 3.8) is 0 Å². The Labute approximate surface area is 169 Å². The fourth-order valence-corrected chi connectivity index (χ4v) is 3.46. The van der Waals surface area contributed by atoms with E-state index in [1.54, 1.807) is 19.2 Å². The molecule has 1 atom stereocenters. The minimum atomic E-state index is -0.649. The lowest BCUT2D eigenvalue weighted by molar-refractivity contribution is -0.131. The van der Waals surface area contributed by atoms with Crippen LogP contribution in [0.4, 0.5) is 0 Å². The fourth-order valence-electron chi connectivity index (χ4n) is 3.22. The molecule has 1 fully saturated rings. The molecule has 9 heteroatoms. The van der Waals surface area contributed by atoms with Gasteiger partial charge in [0.15, 0.2) is 0 Å². The Bertz CT molecular complexity index is 722. The highest BCUT2D eigenvalue weighted by Gasteiger charge is 2.30. The van der Waals surface area contributed by atoms with Crippen LogP contribution in [-0.2, 0) is 14.4 Å². The van der Waals surface area contributed by atoms with Crippen LogP contribution in [0.3, 0.4) is 0 Å². The third kappa shape index (κ3) is 5.06. The van der Waals surface area contributed by atoms with Crippen molar-refractivity contribution in [1.29, 1.82) is 0 Å². The summed E-state index contributed by atoms with van der Waals surface area (Å²) in [5.41, 5.74) is 1.31. The Hall–Kier alpha value is -2.03. The van der Waals surface area contributed by atoms with Crippen molar-refractivity contribution in [3.8, 4) is 11.5 Å². The summed E-state index contributed by atoms with van der Waals surface area (Å²) in [6.45, 7) is 5.00. The topological polar surface area (TPSA) is 81.6 Å². The summed E-state index contributed by atoms with van der Waals surface area (Å²) in [5, 5.41) is 7.43. The fraction of sp³-hybridized carbons (Fsp3) is 0.579. The van der Waals surface area contributed by atoms with Crippen molar-refractivity contribution in [1.82, 2.24) is 10.2 Å². The summed E-state index contributed by atoms with van der Waals surface area (Å²) in [6, 6.07) is 3.41. The molecule has 3 rings (SSSR count). The molecule has 1 unspecified atom stereocenters. The van der Waals surface area contributed by atoms with Gasteiger partial charge in [0.1, 0.15) is 11.5 Å². The van der Waals surface area contributed by atoms with Gasteiger partial charge in [-0.05, 0) is 19.0 Å². The van der Waals surface area contributed by atoms with Gasteiger partial charge >= 0.3 is 0 Å². The van der Waals surface area contributed by atoms with Crippen molar-refractivity contribution < 1.29 is 23.8 Å². The molecule has 1 N–H and O–H groups in total. The zero-order valence-corrected chi connectivity index (χ0v) is 17.0. The standard InChI is InChI=1S/C19H26ClN3O5/c1-25-16-12-17(26-2)14(20)10-13(16)15-11-18(28-22-15)19(24)21-4-3-5-23-6-8-27-9-7-23/h10,12,18H,3-9,11H2,1-2H3,(H,21,24). The Kier molecular flexibility index (Phi) is 7.36. The molecular formula is C19H26ClN3O5. The quantitative estimate of drug-likeness (QED) is 0.655. The zero-order chi connectivity index (χ0) is 19.9. The smallest absolute Gasteiger partial charge is 0.264 e. The summed E-state index contributed by atoms with van der Waals surface area (Å²) in [5.74, 6) is 0.908. The van der Waals surface area contributed by atoms with Crippen LogP contribution in [0.15, 0.2) is 17.3 Å². The van der Waals surface area contributed by atoms with Gasteiger partial charge in [-0.15, -0.1) is 0 Å². The summed E-state index contributed by atoms with van der Waals surface area (Å²) in [7, 11) is 3.09. The maximum Gasteiger partial charge on any atom is 0.264 e. The molecule has 0 bridgehead atoms. The number of hydrogen-bond acceptors (Lipinski definition) is 7. The second-order valence-electron chi connectivity index (χ2n) is 6.62. The van der Waals surface area contributed by atoms with Crippen LogP contribution in [-0.4, -0.2) is 76.2 Å². The predicted molar refractivity (Wildman–Crippen MR) is 105 cm³/mol. The van der Waals surface area contributed by atoms with E-state index in [1.807, 2.05) is 0 Å². The minimum absolute atomic E-state index is 0.167. The van der Waals surface area contributed by atoms with Gasteiger partial charge in [-0.1, -0.05) is 16.8 Å². The monoisotopic (exact) mass is 411 g/mol. The number of methoxy groups -OCH3 is 2. The van der Waals surface area contributed by atoms with Crippen LogP contribution in [0.1, 0.15) is 18.4 Å². The average molecular weight is 412 g/mol. The molecular weight excluding hydrogens is 386 g/mol. The lowest BCUT2D eigenvalue weighted by Gasteiger charge is -2.26. The molecule has 154 valence electrons. The van der Waals surface area contributed by atoms with Gasteiger partial charge in [-0.2, -0.15) is 0 Å². The summed E-state index contributed by atoms with van der Waals surface area (Å²) < 4.78 is 15.9. The van der Waals surface area contributed by atoms with Crippen molar-refractivity contribution in [3.05, 3.63) is 22.7 Å². The number of nitrogens with zero attached hydrogens (tertiary/aromatic N) is 2. The first kappa shape index (κ1) is 20.7. The molecule has 0 aromatic heterocycles. The molecule has 28 heavy (non-hydrogen) atoms. The third-order valence-corrected chi connectivity index (χ3v) is 5.10. The molecule has 2 aliphatic rings. The SMILES string of the molecule is COc1cc(OC)c(C2=NOC(C(=O)NCCCN3CCOCC3)C2)cc1Cl. The lowest BCUT2D eigenvalue weighted by Crippen LogP contribution is -2.39. The molecule has 0 aliphatic carbocycles. The van der Waals surface area contributed by atoms with Gasteiger partial charge in [0.25, 0.3) is 5.91 Å². The second kappa shape index (κ2) is 9.95. The van der Waals surface area contributed by atoms with Crippen LogP contribution >= 0.6 is 11.6 Å². The van der Waals surface area contributed by atoms with Gasteiger partial charge in [-0.3, -0.25) is 9.69 Å².